The minimum absolute atomic E-state index is 0.00378. The van der Waals surface area contributed by atoms with E-state index >= 15 is 0 Å². The highest BCUT2D eigenvalue weighted by Crippen LogP contribution is 2.31. The van der Waals surface area contributed by atoms with Gasteiger partial charge in [-0.2, -0.15) is 0 Å². The maximum absolute atomic E-state index is 13.0. The highest BCUT2D eigenvalue weighted by molar-refractivity contribution is 7.21. The second kappa shape index (κ2) is 9.12. The Hall–Kier alpha value is -3.83. The molecule has 0 bridgehead atoms. The first kappa shape index (κ1) is 20.1. The van der Waals surface area contributed by atoms with Crippen molar-refractivity contribution in [2.24, 2.45) is 0 Å². The monoisotopic (exact) mass is 435 g/mol. The molecule has 32 heavy (non-hydrogen) atoms. The molecule has 0 radical (unpaired) electrons. The Morgan fingerprint density at radius 1 is 0.844 bits per heavy atom. The number of pyridine rings is 1. The number of anilines is 1. The standard InChI is InChI=1S/C27H21N3OS/c31-25(18-23(19-9-3-1-4-10-19)20-11-5-2-6-12-20)29-22-14-7-13-21(17-22)26-30-24-15-8-16-28-27(24)32-26/h1-17,23H,18H2,(H,29,31). The molecule has 0 aliphatic rings. The molecule has 0 aliphatic heterocycles. The molecule has 0 fully saturated rings. The number of hydrogen-bond acceptors (Lipinski definition) is 4. The van der Waals surface area contributed by atoms with Gasteiger partial charge in [0.1, 0.15) is 15.4 Å². The fraction of sp³-hybridized carbons (Fsp3) is 0.0741. The number of carbonyl (C=O) groups is 1. The van der Waals surface area contributed by atoms with E-state index in [1.54, 1.807) is 17.5 Å². The van der Waals surface area contributed by atoms with Gasteiger partial charge in [-0.15, -0.1) is 0 Å². The van der Waals surface area contributed by atoms with Crippen molar-refractivity contribution in [3.63, 3.8) is 0 Å². The maximum Gasteiger partial charge on any atom is 0.225 e. The van der Waals surface area contributed by atoms with E-state index in [9.17, 15) is 4.79 Å². The second-order valence-corrected chi connectivity index (χ2v) is 8.53. The molecule has 3 aromatic carbocycles. The van der Waals surface area contributed by atoms with E-state index in [2.05, 4.69) is 39.6 Å². The summed E-state index contributed by atoms with van der Waals surface area (Å²) >= 11 is 1.55. The van der Waals surface area contributed by atoms with Crippen LogP contribution in [0.3, 0.4) is 0 Å². The van der Waals surface area contributed by atoms with Crippen LogP contribution in [0, 0.1) is 0 Å². The number of benzene rings is 3. The first-order chi connectivity index (χ1) is 15.8. The van der Waals surface area contributed by atoms with Crippen LogP contribution in [0.15, 0.2) is 103 Å². The van der Waals surface area contributed by atoms with Crippen molar-refractivity contribution in [2.45, 2.75) is 12.3 Å². The smallest absolute Gasteiger partial charge is 0.225 e. The van der Waals surface area contributed by atoms with E-state index in [1.165, 1.54) is 0 Å². The van der Waals surface area contributed by atoms with E-state index in [0.717, 1.165) is 37.7 Å². The van der Waals surface area contributed by atoms with Crippen molar-refractivity contribution in [3.05, 3.63) is 114 Å². The van der Waals surface area contributed by atoms with Gasteiger partial charge in [0.25, 0.3) is 0 Å². The normalized spacial score (nSPS) is 11.0. The number of nitrogens with one attached hydrogen (secondary N) is 1. The lowest BCUT2D eigenvalue weighted by Gasteiger charge is -2.18. The zero-order chi connectivity index (χ0) is 21.8. The van der Waals surface area contributed by atoms with Crippen molar-refractivity contribution in [1.29, 1.82) is 0 Å². The van der Waals surface area contributed by atoms with Gasteiger partial charge in [-0.05, 0) is 35.4 Å². The molecule has 0 spiro atoms. The topological polar surface area (TPSA) is 54.9 Å². The van der Waals surface area contributed by atoms with Gasteiger partial charge >= 0.3 is 0 Å². The average Bonchev–Trinajstić information content (AvgIpc) is 3.28. The minimum atomic E-state index is -0.0224. The second-order valence-electron chi connectivity index (χ2n) is 7.55. The SMILES string of the molecule is O=C(CC(c1ccccc1)c1ccccc1)Nc1cccc(-c2nc3cccnc3s2)c1. The molecule has 2 aromatic heterocycles. The molecule has 1 amide bonds. The Labute approximate surface area is 190 Å². The number of hydrogen-bond donors (Lipinski definition) is 1. The number of carbonyl (C=O) groups excluding carboxylic acids is 1. The zero-order valence-electron chi connectivity index (χ0n) is 17.3. The predicted octanol–water partition coefficient (Wildman–Crippen LogP) is 6.52. The third kappa shape index (κ3) is 4.43. The third-order valence-electron chi connectivity index (χ3n) is 5.35. The molecular formula is C27H21N3OS. The quantitative estimate of drug-likeness (QED) is 0.330. The molecule has 5 rings (SSSR count). The average molecular weight is 436 g/mol. The summed E-state index contributed by atoms with van der Waals surface area (Å²) in [4.78, 5) is 23.0. The Bertz CT molecular complexity index is 1280. The van der Waals surface area contributed by atoms with Crippen LogP contribution in [0.25, 0.3) is 20.9 Å². The van der Waals surface area contributed by atoms with Crippen LogP contribution in [0.4, 0.5) is 5.69 Å². The molecule has 0 aliphatic carbocycles. The van der Waals surface area contributed by atoms with E-state index in [1.807, 2.05) is 72.8 Å². The Kier molecular flexibility index (Phi) is 5.73. The number of fused-ring (bicyclic) bond motifs is 1. The van der Waals surface area contributed by atoms with E-state index in [0.29, 0.717) is 6.42 Å². The number of amides is 1. The van der Waals surface area contributed by atoms with Crippen LogP contribution < -0.4 is 5.32 Å². The fourth-order valence-corrected chi connectivity index (χ4v) is 4.72. The Morgan fingerprint density at radius 2 is 1.56 bits per heavy atom. The molecule has 0 unspecified atom stereocenters. The van der Waals surface area contributed by atoms with Crippen molar-refractivity contribution in [3.8, 4) is 10.6 Å². The number of thiazole rings is 1. The summed E-state index contributed by atoms with van der Waals surface area (Å²) in [5.41, 5.74) is 4.87. The van der Waals surface area contributed by atoms with Crippen LogP contribution >= 0.6 is 11.3 Å². The molecule has 0 atom stereocenters. The first-order valence-corrected chi connectivity index (χ1v) is 11.3. The first-order valence-electron chi connectivity index (χ1n) is 10.5. The van der Waals surface area contributed by atoms with Gasteiger partial charge in [-0.25, -0.2) is 9.97 Å². The lowest BCUT2D eigenvalue weighted by molar-refractivity contribution is -0.116. The molecule has 2 heterocycles. The number of rotatable bonds is 6. The van der Waals surface area contributed by atoms with Gasteiger partial charge in [-0.1, -0.05) is 84.1 Å². The van der Waals surface area contributed by atoms with Crippen LogP contribution in [0.5, 0.6) is 0 Å². The van der Waals surface area contributed by atoms with Crippen LogP contribution in [0.2, 0.25) is 0 Å². The maximum atomic E-state index is 13.0. The van der Waals surface area contributed by atoms with Gasteiger partial charge in [0.15, 0.2) is 0 Å². The van der Waals surface area contributed by atoms with Gasteiger partial charge in [0.2, 0.25) is 5.91 Å². The van der Waals surface area contributed by atoms with E-state index < -0.39 is 0 Å². The summed E-state index contributed by atoms with van der Waals surface area (Å²) < 4.78 is 0. The summed E-state index contributed by atoms with van der Waals surface area (Å²) in [6, 6.07) is 32.0. The molecule has 4 nitrogen and oxygen atoms in total. The van der Waals surface area contributed by atoms with Crippen LogP contribution in [-0.4, -0.2) is 15.9 Å². The molecular weight excluding hydrogens is 414 g/mol. The third-order valence-corrected chi connectivity index (χ3v) is 6.38. The molecule has 0 saturated heterocycles. The fourth-order valence-electron chi connectivity index (χ4n) is 3.82. The summed E-state index contributed by atoms with van der Waals surface area (Å²) in [6.45, 7) is 0. The molecule has 1 N–H and O–H groups in total. The molecule has 156 valence electrons. The summed E-state index contributed by atoms with van der Waals surface area (Å²) in [5.74, 6) is -0.0262. The summed E-state index contributed by atoms with van der Waals surface area (Å²) in [7, 11) is 0. The van der Waals surface area contributed by atoms with Crippen molar-refractivity contribution in [2.75, 3.05) is 5.32 Å². The molecule has 0 saturated carbocycles. The highest BCUT2D eigenvalue weighted by Gasteiger charge is 2.18. The Morgan fingerprint density at radius 3 is 2.25 bits per heavy atom. The minimum Gasteiger partial charge on any atom is -0.326 e. The van der Waals surface area contributed by atoms with Gasteiger partial charge in [0.05, 0.1) is 0 Å². The van der Waals surface area contributed by atoms with E-state index in [-0.39, 0.29) is 11.8 Å². The highest BCUT2D eigenvalue weighted by atomic mass is 32.1. The van der Waals surface area contributed by atoms with Crippen LogP contribution in [0.1, 0.15) is 23.5 Å². The lowest BCUT2D eigenvalue weighted by Crippen LogP contribution is -2.16. The van der Waals surface area contributed by atoms with Gasteiger partial charge in [-0.3, -0.25) is 4.79 Å². The van der Waals surface area contributed by atoms with E-state index in [4.69, 9.17) is 0 Å². The Balaban J connectivity index is 1.36. The van der Waals surface area contributed by atoms with Crippen molar-refractivity contribution < 1.29 is 4.79 Å². The molecule has 5 aromatic rings. The zero-order valence-corrected chi connectivity index (χ0v) is 18.1. The predicted molar refractivity (Wildman–Crippen MR) is 131 cm³/mol. The van der Waals surface area contributed by atoms with Crippen molar-refractivity contribution >= 4 is 33.3 Å². The number of nitrogens with zero attached hydrogens (tertiary/aromatic N) is 2. The van der Waals surface area contributed by atoms with Crippen LogP contribution in [-0.2, 0) is 4.79 Å². The molecule has 5 heteroatoms. The summed E-state index contributed by atoms with van der Waals surface area (Å²) in [5, 5.41) is 3.97. The largest absolute Gasteiger partial charge is 0.326 e. The van der Waals surface area contributed by atoms with Gasteiger partial charge in [0, 0.05) is 29.8 Å². The summed E-state index contributed by atoms with van der Waals surface area (Å²) in [6.07, 6.45) is 2.14. The van der Waals surface area contributed by atoms with Crippen molar-refractivity contribution in [1.82, 2.24) is 9.97 Å². The lowest BCUT2D eigenvalue weighted by atomic mass is 9.88. The van der Waals surface area contributed by atoms with Gasteiger partial charge < -0.3 is 5.32 Å². The number of aromatic nitrogens is 2.